The molecule has 1 aliphatic rings. The summed E-state index contributed by atoms with van der Waals surface area (Å²) < 4.78 is 57.2. The van der Waals surface area contributed by atoms with Gasteiger partial charge in [-0.05, 0) is 38.6 Å². The largest absolute Gasteiger partial charge is 0.417 e. The number of benzene rings is 1. The SMILES string of the molecule is C=C(c1nc(/C=C/CNC(=O)c2nnn(C)c2C)cc2c(N[C@@H]3CCN(C)C[C@@H]3F)cccc12)C(F)(F)F. The van der Waals surface area contributed by atoms with Crippen molar-refractivity contribution in [3.63, 3.8) is 0 Å². The third-order valence-corrected chi connectivity index (χ3v) is 6.60. The van der Waals surface area contributed by atoms with E-state index in [1.165, 1.54) is 16.8 Å². The molecule has 3 heterocycles. The first-order valence-electron chi connectivity index (χ1n) is 12.1. The monoisotopic (exact) mass is 531 g/mol. The second kappa shape index (κ2) is 10.9. The summed E-state index contributed by atoms with van der Waals surface area (Å²) in [5, 5.41) is 14.2. The minimum Gasteiger partial charge on any atom is -0.379 e. The first-order chi connectivity index (χ1) is 18.0. The second-order valence-corrected chi connectivity index (χ2v) is 9.35. The van der Waals surface area contributed by atoms with E-state index >= 15 is 0 Å². The molecule has 1 aliphatic heterocycles. The highest BCUT2D eigenvalue weighted by Crippen LogP contribution is 2.37. The number of fused-ring (bicyclic) bond motifs is 1. The van der Waals surface area contributed by atoms with Crippen LogP contribution in [0, 0.1) is 6.92 Å². The number of aromatic nitrogens is 4. The summed E-state index contributed by atoms with van der Waals surface area (Å²) in [6.07, 6.45) is -2.18. The Morgan fingerprint density at radius 1 is 1.24 bits per heavy atom. The second-order valence-electron chi connectivity index (χ2n) is 9.35. The number of allylic oxidation sites excluding steroid dienone is 1. The van der Waals surface area contributed by atoms with Crippen LogP contribution in [0.15, 0.2) is 36.9 Å². The number of rotatable bonds is 7. The van der Waals surface area contributed by atoms with Crippen LogP contribution in [-0.2, 0) is 7.05 Å². The van der Waals surface area contributed by atoms with Gasteiger partial charge in [-0.15, -0.1) is 5.10 Å². The van der Waals surface area contributed by atoms with Crippen molar-refractivity contribution in [2.24, 2.45) is 7.05 Å². The van der Waals surface area contributed by atoms with Crippen LogP contribution in [0.1, 0.15) is 34.0 Å². The number of amides is 1. The maximum absolute atomic E-state index is 14.7. The maximum atomic E-state index is 14.7. The van der Waals surface area contributed by atoms with Crippen LogP contribution in [0.25, 0.3) is 22.4 Å². The Morgan fingerprint density at radius 2 is 2.00 bits per heavy atom. The molecule has 8 nitrogen and oxygen atoms in total. The molecule has 38 heavy (non-hydrogen) atoms. The molecule has 4 rings (SSSR count). The molecular formula is C26H29F4N7O. The molecule has 0 saturated carbocycles. The van der Waals surface area contributed by atoms with Gasteiger partial charge in [-0.3, -0.25) is 9.48 Å². The van der Waals surface area contributed by atoms with Crippen molar-refractivity contribution in [3.05, 3.63) is 59.7 Å². The minimum atomic E-state index is -4.69. The number of piperidine rings is 1. The van der Waals surface area contributed by atoms with E-state index in [2.05, 4.69) is 32.5 Å². The van der Waals surface area contributed by atoms with Gasteiger partial charge in [0.15, 0.2) is 5.69 Å². The van der Waals surface area contributed by atoms with Crippen LogP contribution >= 0.6 is 0 Å². The Morgan fingerprint density at radius 3 is 2.66 bits per heavy atom. The first-order valence-corrected chi connectivity index (χ1v) is 12.1. The van der Waals surface area contributed by atoms with Gasteiger partial charge in [-0.25, -0.2) is 9.37 Å². The summed E-state index contributed by atoms with van der Waals surface area (Å²) in [5.41, 5.74) is 0.140. The topological polar surface area (TPSA) is 88.0 Å². The van der Waals surface area contributed by atoms with Crippen LogP contribution in [0.2, 0.25) is 0 Å². The number of nitrogens with one attached hydrogen (secondary N) is 2. The number of halogens is 4. The number of nitrogens with zero attached hydrogens (tertiary/aromatic N) is 5. The molecule has 2 aromatic heterocycles. The van der Waals surface area contributed by atoms with Crippen LogP contribution < -0.4 is 10.6 Å². The lowest BCUT2D eigenvalue weighted by Crippen LogP contribution is -2.46. The summed E-state index contributed by atoms with van der Waals surface area (Å²) in [7, 11) is 3.51. The smallest absolute Gasteiger partial charge is 0.379 e. The summed E-state index contributed by atoms with van der Waals surface area (Å²) >= 11 is 0. The average molecular weight is 532 g/mol. The van der Waals surface area contributed by atoms with Crippen LogP contribution in [0.4, 0.5) is 23.2 Å². The van der Waals surface area contributed by atoms with Crippen molar-refractivity contribution < 1.29 is 22.4 Å². The number of aryl methyl sites for hydroxylation is 1. The van der Waals surface area contributed by atoms with Gasteiger partial charge in [0.2, 0.25) is 0 Å². The molecular weight excluding hydrogens is 502 g/mol. The van der Waals surface area contributed by atoms with E-state index in [1.54, 1.807) is 38.2 Å². The highest BCUT2D eigenvalue weighted by atomic mass is 19.4. The average Bonchev–Trinajstić information content (AvgIpc) is 3.20. The fourth-order valence-corrected chi connectivity index (χ4v) is 4.32. The van der Waals surface area contributed by atoms with E-state index in [9.17, 15) is 22.4 Å². The van der Waals surface area contributed by atoms with Crippen LogP contribution in [0.3, 0.4) is 0 Å². The van der Waals surface area contributed by atoms with Crippen molar-refractivity contribution in [2.45, 2.75) is 31.7 Å². The maximum Gasteiger partial charge on any atom is 0.417 e. The minimum absolute atomic E-state index is 0.0864. The molecule has 1 aromatic carbocycles. The molecule has 0 aliphatic carbocycles. The molecule has 202 valence electrons. The van der Waals surface area contributed by atoms with Gasteiger partial charge in [0.1, 0.15) is 6.17 Å². The van der Waals surface area contributed by atoms with Gasteiger partial charge < -0.3 is 15.5 Å². The van der Waals surface area contributed by atoms with E-state index in [4.69, 9.17) is 0 Å². The van der Waals surface area contributed by atoms with Gasteiger partial charge >= 0.3 is 6.18 Å². The number of hydrogen-bond acceptors (Lipinski definition) is 6. The fraction of sp³-hybridized carbons (Fsp3) is 0.385. The van der Waals surface area contributed by atoms with Crippen molar-refractivity contribution in [1.29, 1.82) is 0 Å². The molecule has 3 aromatic rings. The van der Waals surface area contributed by atoms with E-state index in [0.29, 0.717) is 29.7 Å². The van der Waals surface area contributed by atoms with Gasteiger partial charge in [0, 0.05) is 43.1 Å². The molecule has 12 heteroatoms. The lowest BCUT2D eigenvalue weighted by Gasteiger charge is -2.33. The number of likely N-dealkylation sites (tertiary alicyclic amines) is 1. The van der Waals surface area contributed by atoms with Crippen LogP contribution in [0.5, 0.6) is 0 Å². The predicted octanol–water partition coefficient (Wildman–Crippen LogP) is 4.14. The van der Waals surface area contributed by atoms with Crippen molar-refractivity contribution in [1.82, 2.24) is 30.2 Å². The Hall–Kier alpha value is -3.80. The number of carbonyl (C=O) groups excluding carboxylic acids is 1. The number of alkyl halides is 4. The van der Waals surface area contributed by atoms with Gasteiger partial charge in [0.25, 0.3) is 5.91 Å². The fourth-order valence-electron chi connectivity index (χ4n) is 4.32. The van der Waals surface area contributed by atoms with Crippen LogP contribution in [-0.4, -0.2) is 75.9 Å². The standard InChI is InChI=1S/C26H29F4N7O/c1-15(26(28,29)30)23-18-8-5-9-21(33-22-10-12-36(3)14-20(22)27)19(18)13-17(32-23)7-6-11-31-25(38)24-16(2)37(4)35-34-24/h5-9,13,20,22,33H,1,10-12,14H2,2-4H3,(H,31,38)/b7-6+/t20-,22+/m0/s1. The molecule has 0 spiro atoms. The van der Waals surface area contributed by atoms with E-state index < -0.39 is 29.9 Å². The zero-order valence-corrected chi connectivity index (χ0v) is 21.3. The van der Waals surface area contributed by atoms with E-state index in [-0.39, 0.29) is 35.6 Å². The molecule has 2 atom stereocenters. The van der Waals surface area contributed by atoms with Crippen molar-refractivity contribution >= 4 is 34.0 Å². The quantitative estimate of drug-likeness (QED) is 0.446. The molecule has 0 unspecified atom stereocenters. The zero-order valence-electron chi connectivity index (χ0n) is 21.3. The number of carbonyl (C=O) groups is 1. The lowest BCUT2D eigenvalue weighted by molar-refractivity contribution is -0.0688. The zero-order chi connectivity index (χ0) is 27.6. The summed E-state index contributed by atoms with van der Waals surface area (Å²) in [5.74, 6) is -0.428. The molecule has 1 amide bonds. The predicted molar refractivity (Wildman–Crippen MR) is 138 cm³/mol. The molecule has 2 N–H and O–H groups in total. The van der Waals surface area contributed by atoms with Gasteiger partial charge in [0.05, 0.1) is 28.7 Å². The Kier molecular flexibility index (Phi) is 7.81. The lowest BCUT2D eigenvalue weighted by atomic mass is 9.99. The highest BCUT2D eigenvalue weighted by molar-refractivity contribution is 6.01. The summed E-state index contributed by atoms with van der Waals surface area (Å²) in [4.78, 5) is 18.5. The summed E-state index contributed by atoms with van der Waals surface area (Å²) in [6.45, 7) is 6.02. The summed E-state index contributed by atoms with van der Waals surface area (Å²) in [6, 6.07) is 6.03. The number of pyridine rings is 1. The Bertz CT molecular complexity index is 1380. The molecule has 1 fully saturated rings. The molecule has 1 saturated heterocycles. The van der Waals surface area contributed by atoms with E-state index in [0.717, 1.165) is 0 Å². The highest BCUT2D eigenvalue weighted by Gasteiger charge is 2.35. The van der Waals surface area contributed by atoms with Gasteiger partial charge in [-0.2, -0.15) is 13.2 Å². The third kappa shape index (κ3) is 5.85. The third-order valence-electron chi connectivity index (χ3n) is 6.60. The molecule has 0 bridgehead atoms. The Labute approximate surface area is 217 Å². The number of anilines is 1. The normalized spacial score (nSPS) is 18.7. The molecule has 0 radical (unpaired) electrons. The van der Waals surface area contributed by atoms with Crippen molar-refractivity contribution in [2.75, 3.05) is 32.0 Å². The number of hydrogen-bond donors (Lipinski definition) is 2. The first kappa shape index (κ1) is 27.2. The van der Waals surface area contributed by atoms with Crippen molar-refractivity contribution in [3.8, 4) is 0 Å². The van der Waals surface area contributed by atoms with Gasteiger partial charge in [-0.1, -0.05) is 30.0 Å². The Balaban J connectivity index is 1.63. The van der Waals surface area contributed by atoms with E-state index in [1.807, 2.05) is 11.9 Å².